The molecule has 0 bridgehead atoms. The lowest BCUT2D eigenvalue weighted by atomic mass is 10.4. The van der Waals surface area contributed by atoms with E-state index in [1.807, 2.05) is 13.0 Å². The van der Waals surface area contributed by atoms with Crippen LogP contribution in [0.4, 0.5) is 0 Å². The Morgan fingerprint density at radius 2 is 2.15 bits per heavy atom. The predicted molar refractivity (Wildman–Crippen MR) is 77.5 cm³/mol. The highest BCUT2D eigenvalue weighted by molar-refractivity contribution is 7.87. The van der Waals surface area contributed by atoms with Gasteiger partial charge in [0, 0.05) is 19.6 Å². The van der Waals surface area contributed by atoms with Gasteiger partial charge in [-0.15, -0.1) is 0 Å². The highest BCUT2D eigenvalue weighted by Crippen LogP contribution is 2.18. The van der Waals surface area contributed by atoms with Crippen molar-refractivity contribution < 1.29 is 12.8 Å². The smallest absolute Gasteiger partial charge is 0.279 e. The largest absolute Gasteiger partial charge is 0.465 e. The van der Waals surface area contributed by atoms with Gasteiger partial charge in [0.05, 0.1) is 6.54 Å². The van der Waals surface area contributed by atoms with E-state index in [0.29, 0.717) is 18.3 Å². The van der Waals surface area contributed by atoms with Gasteiger partial charge in [0.25, 0.3) is 10.2 Å². The summed E-state index contributed by atoms with van der Waals surface area (Å²) in [6, 6.07) is 4.26. The van der Waals surface area contributed by atoms with Crippen LogP contribution in [0.2, 0.25) is 0 Å². The van der Waals surface area contributed by atoms with Crippen LogP contribution in [0.3, 0.4) is 0 Å². The number of nitrogens with zero attached hydrogens (tertiary/aromatic N) is 1. The summed E-state index contributed by atoms with van der Waals surface area (Å²) < 4.78 is 33.2. The zero-order chi connectivity index (χ0) is 14.6. The second kappa shape index (κ2) is 6.71. The Bertz CT molecular complexity index is 523. The summed E-state index contributed by atoms with van der Waals surface area (Å²) in [5, 5.41) is 3.37. The normalized spacial score (nSPS) is 15.9. The molecule has 1 heterocycles. The third-order valence-electron chi connectivity index (χ3n) is 3.30. The Hall–Kier alpha value is -0.890. The quantitative estimate of drug-likeness (QED) is 0.667. The summed E-state index contributed by atoms with van der Waals surface area (Å²) in [5.41, 5.74) is 0. The summed E-state index contributed by atoms with van der Waals surface area (Å²) in [6.45, 7) is 3.38. The topological polar surface area (TPSA) is 74.6 Å². The molecule has 0 radical (unpaired) electrons. The lowest BCUT2D eigenvalue weighted by Gasteiger charge is -2.17. The fraction of sp³-hybridized carbons (Fsp3) is 0.692. The van der Waals surface area contributed by atoms with Gasteiger partial charge in [-0.1, -0.05) is 0 Å². The minimum absolute atomic E-state index is 0.181. The second-order valence-electron chi connectivity index (χ2n) is 5.24. The van der Waals surface area contributed by atoms with Gasteiger partial charge in [0.1, 0.15) is 11.5 Å². The fourth-order valence-electron chi connectivity index (χ4n) is 1.87. The van der Waals surface area contributed by atoms with Gasteiger partial charge >= 0.3 is 0 Å². The first-order valence-corrected chi connectivity index (χ1v) is 8.41. The van der Waals surface area contributed by atoms with Crippen LogP contribution in [0.15, 0.2) is 16.5 Å². The molecule has 7 heteroatoms. The second-order valence-corrected chi connectivity index (χ2v) is 7.10. The number of hydrogen-bond donors (Lipinski definition) is 2. The van der Waals surface area contributed by atoms with E-state index in [9.17, 15) is 8.42 Å². The highest BCUT2D eigenvalue weighted by Gasteiger charge is 2.21. The Labute approximate surface area is 120 Å². The average molecular weight is 301 g/mol. The molecule has 1 aromatic rings. The number of hydrogen-bond acceptors (Lipinski definition) is 4. The van der Waals surface area contributed by atoms with Crippen molar-refractivity contribution in [2.24, 2.45) is 0 Å². The summed E-state index contributed by atoms with van der Waals surface area (Å²) in [7, 11) is -1.85. The molecule has 114 valence electrons. The van der Waals surface area contributed by atoms with Crippen molar-refractivity contribution in [1.82, 2.24) is 14.3 Å². The van der Waals surface area contributed by atoms with Crippen molar-refractivity contribution in [1.29, 1.82) is 0 Å². The number of nitrogens with one attached hydrogen (secondary N) is 2. The van der Waals surface area contributed by atoms with Crippen LogP contribution < -0.4 is 10.0 Å². The fourth-order valence-corrected chi connectivity index (χ4v) is 2.78. The van der Waals surface area contributed by atoms with Gasteiger partial charge in [-0.3, -0.25) is 0 Å². The molecule has 0 saturated heterocycles. The highest BCUT2D eigenvalue weighted by atomic mass is 32.2. The molecule has 6 nitrogen and oxygen atoms in total. The Balaban J connectivity index is 1.70. The zero-order valence-electron chi connectivity index (χ0n) is 12.1. The van der Waals surface area contributed by atoms with Gasteiger partial charge in [0.15, 0.2) is 0 Å². The number of rotatable bonds is 9. The standard InChI is InChI=1S/C13H23N3O3S/c1-11-4-7-13(19-11)10-15-20(17,18)16(2)9-3-8-14-12-5-6-12/h4,7,12,14-15H,3,5-6,8-10H2,1-2H3. The van der Waals surface area contributed by atoms with Crippen LogP contribution in [0, 0.1) is 6.92 Å². The van der Waals surface area contributed by atoms with Crippen LogP contribution in [0.25, 0.3) is 0 Å². The summed E-state index contributed by atoms with van der Waals surface area (Å²) in [6.07, 6.45) is 3.31. The minimum atomic E-state index is -3.44. The Morgan fingerprint density at radius 3 is 2.75 bits per heavy atom. The predicted octanol–water partition coefficient (Wildman–Crippen LogP) is 0.996. The SMILES string of the molecule is Cc1ccc(CNS(=O)(=O)N(C)CCCNC2CC2)o1. The zero-order valence-corrected chi connectivity index (χ0v) is 12.9. The minimum Gasteiger partial charge on any atom is -0.465 e. The molecule has 1 aliphatic rings. The van der Waals surface area contributed by atoms with E-state index in [-0.39, 0.29) is 6.54 Å². The first kappa shape index (κ1) is 15.5. The maximum atomic E-state index is 12.0. The maximum Gasteiger partial charge on any atom is 0.279 e. The van der Waals surface area contributed by atoms with E-state index >= 15 is 0 Å². The summed E-state index contributed by atoms with van der Waals surface area (Å²) in [4.78, 5) is 0. The van der Waals surface area contributed by atoms with Crippen molar-refractivity contribution in [2.45, 2.75) is 38.8 Å². The van der Waals surface area contributed by atoms with Crippen molar-refractivity contribution in [3.8, 4) is 0 Å². The molecule has 0 unspecified atom stereocenters. The first-order chi connectivity index (χ1) is 9.47. The Morgan fingerprint density at radius 1 is 1.40 bits per heavy atom. The molecular weight excluding hydrogens is 278 g/mol. The van der Waals surface area contributed by atoms with Crippen molar-refractivity contribution in [2.75, 3.05) is 20.1 Å². The average Bonchev–Trinajstić information content (AvgIpc) is 3.13. The molecule has 2 rings (SSSR count). The molecule has 0 atom stereocenters. The molecule has 0 aromatic carbocycles. The molecule has 20 heavy (non-hydrogen) atoms. The number of aryl methyl sites for hydroxylation is 1. The molecular formula is C13H23N3O3S. The van der Waals surface area contributed by atoms with Crippen LogP contribution in [0.1, 0.15) is 30.8 Å². The molecule has 1 saturated carbocycles. The lowest BCUT2D eigenvalue weighted by molar-refractivity contribution is 0.433. The van der Waals surface area contributed by atoms with Crippen molar-refractivity contribution in [3.63, 3.8) is 0 Å². The molecule has 1 aliphatic carbocycles. The van der Waals surface area contributed by atoms with E-state index in [1.54, 1.807) is 13.1 Å². The van der Waals surface area contributed by atoms with E-state index in [1.165, 1.54) is 17.1 Å². The lowest BCUT2D eigenvalue weighted by Crippen LogP contribution is -2.39. The molecule has 1 fully saturated rings. The third-order valence-corrected chi connectivity index (χ3v) is 4.81. The third kappa shape index (κ3) is 4.90. The van der Waals surface area contributed by atoms with E-state index in [0.717, 1.165) is 18.7 Å². The summed E-state index contributed by atoms with van der Waals surface area (Å²) in [5.74, 6) is 1.40. The number of furan rings is 1. The van der Waals surface area contributed by atoms with E-state index in [2.05, 4.69) is 10.0 Å². The van der Waals surface area contributed by atoms with Gasteiger partial charge in [-0.05, 0) is 44.9 Å². The first-order valence-electron chi connectivity index (χ1n) is 6.97. The monoisotopic (exact) mass is 301 g/mol. The van der Waals surface area contributed by atoms with Gasteiger partial charge < -0.3 is 9.73 Å². The van der Waals surface area contributed by atoms with Crippen molar-refractivity contribution in [3.05, 3.63) is 23.7 Å². The van der Waals surface area contributed by atoms with Crippen LogP contribution in [-0.4, -0.2) is 38.9 Å². The van der Waals surface area contributed by atoms with E-state index < -0.39 is 10.2 Å². The van der Waals surface area contributed by atoms with Gasteiger partial charge in [0.2, 0.25) is 0 Å². The summed E-state index contributed by atoms with van der Waals surface area (Å²) >= 11 is 0. The van der Waals surface area contributed by atoms with Crippen LogP contribution in [0.5, 0.6) is 0 Å². The van der Waals surface area contributed by atoms with Gasteiger partial charge in [-0.2, -0.15) is 17.4 Å². The molecule has 1 aromatic heterocycles. The van der Waals surface area contributed by atoms with Gasteiger partial charge in [-0.25, -0.2) is 0 Å². The molecule has 0 spiro atoms. The van der Waals surface area contributed by atoms with Crippen LogP contribution >= 0.6 is 0 Å². The van der Waals surface area contributed by atoms with E-state index in [4.69, 9.17) is 4.42 Å². The Kier molecular flexibility index (Phi) is 5.20. The maximum absolute atomic E-state index is 12.0. The van der Waals surface area contributed by atoms with Crippen LogP contribution in [-0.2, 0) is 16.8 Å². The molecule has 0 amide bonds. The molecule has 0 aliphatic heterocycles. The molecule has 2 N–H and O–H groups in total. The van der Waals surface area contributed by atoms with Crippen molar-refractivity contribution >= 4 is 10.2 Å².